The average Bonchev–Trinajstić information content (AvgIpc) is 3.29. The van der Waals surface area contributed by atoms with Crippen LogP contribution in [0, 0.1) is 0 Å². The fourth-order valence-electron chi connectivity index (χ4n) is 4.53. The zero-order chi connectivity index (χ0) is 20.0. The van der Waals surface area contributed by atoms with Gasteiger partial charge in [0.2, 0.25) is 0 Å². The van der Waals surface area contributed by atoms with Crippen molar-refractivity contribution in [3.8, 4) is 0 Å². The highest BCUT2D eigenvalue weighted by Gasteiger charge is 2.24. The van der Waals surface area contributed by atoms with E-state index in [-0.39, 0.29) is 11.3 Å². The van der Waals surface area contributed by atoms with Gasteiger partial charge < -0.3 is 14.8 Å². The number of aryl methyl sites for hydroxylation is 2. The highest BCUT2D eigenvalue weighted by molar-refractivity contribution is 7.18. The summed E-state index contributed by atoms with van der Waals surface area (Å²) < 4.78 is 0. The van der Waals surface area contributed by atoms with Crippen molar-refractivity contribution >= 4 is 33.0 Å². The molecule has 2 aliphatic rings. The zero-order valence-electron chi connectivity index (χ0n) is 16.6. The fourth-order valence-corrected chi connectivity index (χ4v) is 5.81. The molecule has 0 saturated carbocycles. The summed E-state index contributed by atoms with van der Waals surface area (Å²) >= 11 is 1.70. The van der Waals surface area contributed by atoms with Gasteiger partial charge in [0.15, 0.2) is 11.6 Å². The average molecular weight is 410 g/mol. The highest BCUT2D eigenvalue weighted by Crippen LogP contribution is 2.34. The van der Waals surface area contributed by atoms with Crippen LogP contribution < -0.4 is 15.4 Å². The lowest BCUT2D eigenvalue weighted by Gasteiger charge is -2.33. The van der Waals surface area contributed by atoms with Crippen LogP contribution in [0.15, 0.2) is 29.1 Å². The van der Waals surface area contributed by atoms with Gasteiger partial charge >= 0.3 is 0 Å². The molecule has 1 fully saturated rings. The Labute approximate surface area is 173 Å². The van der Waals surface area contributed by atoms with Gasteiger partial charge in [-0.05, 0) is 56.0 Å². The highest BCUT2D eigenvalue weighted by atomic mass is 32.1. The van der Waals surface area contributed by atoms with E-state index in [4.69, 9.17) is 4.98 Å². The number of piperazine rings is 1. The van der Waals surface area contributed by atoms with Crippen molar-refractivity contribution in [1.29, 1.82) is 0 Å². The summed E-state index contributed by atoms with van der Waals surface area (Å²) in [5.41, 5.74) is 3.19. The number of hydrogen-bond acceptors (Lipinski definition) is 5. The van der Waals surface area contributed by atoms with Gasteiger partial charge in [-0.2, -0.15) is 0 Å². The molecule has 1 aliphatic carbocycles. The molecular formula is C22H25N4O2S+. The lowest BCUT2D eigenvalue weighted by atomic mass is 10.1. The molecule has 6 nitrogen and oxygen atoms in total. The van der Waals surface area contributed by atoms with Crippen molar-refractivity contribution in [2.45, 2.75) is 32.7 Å². The molecule has 0 radical (unpaired) electrons. The van der Waals surface area contributed by atoms with Crippen molar-refractivity contribution in [3.05, 3.63) is 56.4 Å². The smallest absolute Gasteiger partial charge is 0.260 e. The number of H-pyrrole nitrogens is 1. The standard InChI is InChI=1S/C22H24N4O2S/c1-14(27)15-5-7-16(8-6-15)26-11-9-25(10-12-26)13-19-23-21(28)20-17-3-2-4-18(17)29-22(20)24-19/h5-8H,2-4,9-13H2,1H3,(H,23,24,28)/p+1. The van der Waals surface area contributed by atoms with E-state index >= 15 is 0 Å². The molecule has 0 bridgehead atoms. The molecule has 0 atom stereocenters. The van der Waals surface area contributed by atoms with Gasteiger partial charge in [-0.25, -0.2) is 4.98 Å². The van der Waals surface area contributed by atoms with Gasteiger partial charge in [-0.3, -0.25) is 9.59 Å². The van der Waals surface area contributed by atoms with E-state index in [1.807, 2.05) is 24.3 Å². The SMILES string of the molecule is CC(=O)c1ccc(N2CC[NH+](Cc3nc4sc5c(c4c(=O)[nH]3)CCC5)CC2)cc1. The first-order chi connectivity index (χ1) is 14.1. The Balaban J connectivity index is 1.26. The number of carbonyl (C=O) groups excluding carboxylic acids is 1. The van der Waals surface area contributed by atoms with Crippen LogP contribution in [0.5, 0.6) is 0 Å². The summed E-state index contributed by atoms with van der Waals surface area (Å²) in [5.74, 6) is 0.900. The molecule has 29 heavy (non-hydrogen) atoms. The number of Topliss-reactive ketones (excluding diaryl/α,β-unsaturated/α-hetero) is 1. The molecule has 1 aliphatic heterocycles. The van der Waals surface area contributed by atoms with Gasteiger partial charge in [-0.15, -0.1) is 11.3 Å². The minimum atomic E-state index is 0.0352. The van der Waals surface area contributed by atoms with Gasteiger partial charge in [-0.1, -0.05) is 0 Å². The minimum Gasteiger partial charge on any atom is -0.360 e. The number of ketones is 1. The van der Waals surface area contributed by atoms with Crippen LogP contribution in [0.1, 0.15) is 40.0 Å². The molecule has 2 aromatic heterocycles. The Morgan fingerprint density at radius 2 is 1.97 bits per heavy atom. The Kier molecular flexibility index (Phi) is 4.72. The van der Waals surface area contributed by atoms with Crippen LogP contribution in [0.2, 0.25) is 0 Å². The quantitative estimate of drug-likeness (QED) is 0.642. The first-order valence-electron chi connectivity index (χ1n) is 10.3. The van der Waals surface area contributed by atoms with Crippen molar-refractivity contribution in [2.75, 3.05) is 31.1 Å². The van der Waals surface area contributed by atoms with E-state index in [1.54, 1.807) is 18.3 Å². The summed E-state index contributed by atoms with van der Waals surface area (Å²) in [7, 11) is 0. The molecule has 0 spiro atoms. The third kappa shape index (κ3) is 3.49. The predicted octanol–water partition coefficient (Wildman–Crippen LogP) is 1.58. The second-order valence-electron chi connectivity index (χ2n) is 8.07. The maximum Gasteiger partial charge on any atom is 0.260 e. The number of nitrogens with zero attached hydrogens (tertiary/aromatic N) is 2. The number of nitrogens with one attached hydrogen (secondary N) is 2. The summed E-state index contributed by atoms with van der Waals surface area (Å²) in [6, 6.07) is 7.87. The number of aromatic amines is 1. The normalized spacial score (nSPS) is 17.1. The van der Waals surface area contributed by atoms with Crippen molar-refractivity contribution in [1.82, 2.24) is 9.97 Å². The van der Waals surface area contributed by atoms with Crippen molar-refractivity contribution in [2.24, 2.45) is 0 Å². The van der Waals surface area contributed by atoms with Crippen molar-refractivity contribution in [3.63, 3.8) is 0 Å². The van der Waals surface area contributed by atoms with Gasteiger partial charge in [0.25, 0.3) is 5.56 Å². The number of aromatic nitrogens is 2. The monoisotopic (exact) mass is 409 g/mol. The van der Waals surface area contributed by atoms with Crippen LogP contribution >= 0.6 is 11.3 Å². The second-order valence-corrected chi connectivity index (χ2v) is 9.15. The molecule has 3 aromatic rings. The first kappa shape index (κ1) is 18.5. The van der Waals surface area contributed by atoms with E-state index in [0.29, 0.717) is 0 Å². The molecule has 0 unspecified atom stereocenters. The van der Waals surface area contributed by atoms with E-state index in [0.717, 1.165) is 79.3 Å². The van der Waals surface area contributed by atoms with E-state index < -0.39 is 0 Å². The predicted molar refractivity (Wildman–Crippen MR) is 115 cm³/mol. The topological polar surface area (TPSA) is 70.5 Å². The summed E-state index contributed by atoms with van der Waals surface area (Å²) in [6.45, 7) is 6.25. The van der Waals surface area contributed by atoms with Gasteiger partial charge in [0.05, 0.1) is 31.6 Å². The Hall–Kier alpha value is -2.51. The number of rotatable bonds is 4. The zero-order valence-corrected chi connectivity index (χ0v) is 17.4. The van der Waals surface area contributed by atoms with Crippen LogP contribution in [0.4, 0.5) is 5.69 Å². The van der Waals surface area contributed by atoms with Crippen LogP contribution in [0.3, 0.4) is 0 Å². The number of benzene rings is 1. The van der Waals surface area contributed by atoms with Gasteiger partial charge in [0.1, 0.15) is 11.4 Å². The van der Waals surface area contributed by atoms with Crippen LogP contribution in [-0.4, -0.2) is 41.9 Å². The first-order valence-corrected chi connectivity index (χ1v) is 11.1. The number of thiophene rings is 1. The largest absolute Gasteiger partial charge is 0.360 e. The summed E-state index contributed by atoms with van der Waals surface area (Å²) in [4.78, 5) is 38.0. The number of anilines is 1. The fraction of sp³-hybridized carbons (Fsp3) is 0.409. The molecule has 3 heterocycles. The number of quaternary nitrogens is 1. The Bertz CT molecular complexity index is 1120. The third-order valence-electron chi connectivity index (χ3n) is 6.15. The van der Waals surface area contributed by atoms with Gasteiger partial charge in [0, 0.05) is 16.1 Å². The second kappa shape index (κ2) is 7.39. The Morgan fingerprint density at radius 3 is 2.69 bits per heavy atom. The molecule has 5 rings (SSSR count). The van der Waals surface area contributed by atoms with E-state index in [2.05, 4.69) is 9.88 Å². The number of fused-ring (bicyclic) bond motifs is 3. The Morgan fingerprint density at radius 1 is 1.21 bits per heavy atom. The lowest BCUT2D eigenvalue weighted by molar-refractivity contribution is -0.915. The van der Waals surface area contributed by atoms with Crippen LogP contribution in [-0.2, 0) is 19.4 Å². The minimum absolute atomic E-state index is 0.0352. The number of carbonyl (C=O) groups is 1. The number of hydrogen-bond donors (Lipinski definition) is 2. The maximum atomic E-state index is 12.6. The summed E-state index contributed by atoms with van der Waals surface area (Å²) in [6.07, 6.45) is 3.26. The van der Waals surface area contributed by atoms with E-state index in [1.165, 1.54) is 15.3 Å². The van der Waals surface area contributed by atoms with Crippen molar-refractivity contribution < 1.29 is 9.69 Å². The molecule has 0 amide bonds. The molecule has 150 valence electrons. The summed E-state index contributed by atoms with van der Waals surface area (Å²) in [5, 5.41) is 0.833. The van der Waals surface area contributed by atoms with E-state index in [9.17, 15) is 9.59 Å². The maximum absolute atomic E-state index is 12.6. The molecular weight excluding hydrogens is 384 g/mol. The van der Waals surface area contributed by atoms with Crippen LogP contribution in [0.25, 0.3) is 10.2 Å². The molecule has 1 aromatic carbocycles. The molecule has 2 N–H and O–H groups in total. The lowest BCUT2D eigenvalue weighted by Crippen LogP contribution is -3.13. The molecule has 1 saturated heterocycles. The third-order valence-corrected chi connectivity index (χ3v) is 7.34. The molecule has 7 heteroatoms.